The number of hydrogen-bond acceptors (Lipinski definition) is 7. The van der Waals surface area contributed by atoms with Gasteiger partial charge in [0.2, 0.25) is 15.9 Å². The van der Waals surface area contributed by atoms with E-state index in [0.717, 1.165) is 9.87 Å². The maximum Gasteiger partial charge on any atom is 0.408 e. The molecule has 1 fully saturated rings. The topological polar surface area (TPSA) is 134 Å². The SMILES string of the molecule is CC(C)C[C@H](NC(=O)OCc1ccccc1)C(=O)NC1CN(S(=O)(=O)c2ccc(Oc3ccccc3)cc2)CC1O. The molecule has 2 unspecified atom stereocenters. The number of benzene rings is 3. The van der Waals surface area contributed by atoms with Crippen LogP contribution < -0.4 is 15.4 Å². The minimum atomic E-state index is -3.95. The quantitative estimate of drug-likeness (QED) is 0.315. The molecule has 3 aromatic rings. The number of nitrogens with one attached hydrogen (secondary N) is 2. The van der Waals surface area contributed by atoms with E-state index >= 15 is 0 Å². The Morgan fingerprint density at radius 2 is 1.54 bits per heavy atom. The smallest absolute Gasteiger partial charge is 0.408 e. The van der Waals surface area contributed by atoms with Gasteiger partial charge in [-0.3, -0.25) is 4.79 Å². The molecule has 10 nitrogen and oxygen atoms in total. The molecule has 3 N–H and O–H groups in total. The van der Waals surface area contributed by atoms with E-state index in [-0.39, 0.29) is 30.5 Å². The van der Waals surface area contributed by atoms with E-state index in [2.05, 4.69) is 10.6 Å². The zero-order valence-corrected chi connectivity index (χ0v) is 23.8. The zero-order valence-electron chi connectivity index (χ0n) is 23.0. The van der Waals surface area contributed by atoms with E-state index in [9.17, 15) is 23.1 Å². The van der Waals surface area contributed by atoms with Crippen molar-refractivity contribution in [3.8, 4) is 11.5 Å². The normalized spacial score (nSPS) is 18.0. The molecule has 1 heterocycles. The summed E-state index contributed by atoms with van der Waals surface area (Å²) in [7, 11) is -3.95. The molecule has 1 aliphatic heterocycles. The van der Waals surface area contributed by atoms with Crippen molar-refractivity contribution >= 4 is 22.0 Å². The van der Waals surface area contributed by atoms with Crippen LogP contribution in [0, 0.1) is 5.92 Å². The molecule has 11 heteroatoms. The van der Waals surface area contributed by atoms with Crippen LogP contribution in [0.3, 0.4) is 0 Å². The third kappa shape index (κ3) is 8.29. The van der Waals surface area contributed by atoms with Crippen LogP contribution in [0.5, 0.6) is 11.5 Å². The van der Waals surface area contributed by atoms with E-state index in [1.807, 2.05) is 62.4 Å². The highest BCUT2D eigenvalue weighted by Gasteiger charge is 2.40. The molecule has 0 aliphatic carbocycles. The molecule has 0 bridgehead atoms. The van der Waals surface area contributed by atoms with Crippen molar-refractivity contribution in [2.45, 2.75) is 50.0 Å². The lowest BCUT2D eigenvalue weighted by atomic mass is 10.0. The molecule has 3 aromatic carbocycles. The number of ether oxygens (including phenoxy) is 2. The van der Waals surface area contributed by atoms with Crippen LogP contribution in [-0.4, -0.2) is 61.1 Å². The first-order valence-corrected chi connectivity index (χ1v) is 14.8. The summed E-state index contributed by atoms with van der Waals surface area (Å²) in [6.45, 7) is 3.57. The van der Waals surface area contributed by atoms with Crippen LogP contribution in [0.4, 0.5) is 4.79 Å². The highest BCUT2D eigenvalue weighted by atomic mass is 32.2. The van der Waals surface area contributed by atoms with Crippen molar-refractivity contribution in [1.82, 2.24) is 14.9 Å². The highest BCUT2D eigenvalue weighted by molar-refractivity contribution is 7.89. The molecule has 0 aromatic heterocycles. The molecule has 3 atom stereocenters. The van der Waals surface area contributed by atoms with Crippen molar-refractivity contribution in [2.75, 3.05) is 13.1 Å². The van der Waals surface area contributed by atoms with Gasteiger partial charge >= 0.3 is 6.09 Å². The van der Waals surface area contributed by atoms with Crippen LogP contribution in [-0.2, 0) is 26.2 Å². The van der Waals surface area contributed by atoms with Gasteiger partial charge in [0.25, 0.3) is 0 Å². The molecule has 2 amide bonds. The van der Waals surface area contributed by atoms with Crippen LogP contribution in [0.15, 0.2) is 89.8 Å². The first-order chi connectivity index (χ1) is 19.6. The first-order valence-electron chi connectivity index (χ1n) is 13.4. The van der Waals surface area contributed by atoms with Crippen molar-refractivity contribution in [1.29, 1.82) is 0 Å². The van der Waals surface area contributed by atoms with Gasteiger partial charge in [0.1, 0.15) is 24.1 Å². The number of aliphatic hydroxyl groups is 1. The molecular formula is C30H35N3O7S. The molecule has 4 rings (SSSR count). The number of nitrogens with zero attached hydrogens (tertiary/aromatic N) is 1. The summed E-state index contributed by atoms with van der Waals surface area (Å²) in [5, 5.41) is 15.9. The maximum atomic E-state index is 13.3. The zero-order chi connectivity index (χ0) is 29.4. The lowest BCUT2D eigenvalue weighted by molar-refractivity contribution is -0.124. The molecule has 0 saturated carbocycles. The van der Waals surface area contributed by atoms with Crippen molar-refractivity contribution < 1.29 is 32.6 Å². The molecular weight excluding hydrogens is 546 g/mol. The minimum Gasteiger partial charge on any atom is -0.457 e. The third-order valence-electron chi connectivity index (χ3n) is 6.55. The monoisotopic (exact) mass is 581 g/mol. The Balaban J connectivity index is 1.35. The van der Waals surface area contributed by atoms with Crippen molar-refractivity contribution in [2.24, 2.45) is 5.92 Å². The Bertz CT molecular complexity index is 1400. The fourth-order valence-electron chi connectivity index (χ4n) is 4.44. The number of β-amino-alcohol motifs (C(OH)–C–C–N with tert-alkyl or cyclic N) is 1. The van der Waals surface area contributed by atoms with E-state index < -0.39 is 40.2 Å². The lowest BCUT2D eigenvalue weighted by Gasteiger charge is -2.23. The summed E-state index contributed by atoms with van der Waals surface area (Å²) in [4.78, 5) is 25.6. The number of rotatable bonds is 11. The summed E-state index contributed by atoms with van der Waals surface area (Å²) in [5.41, 5.74) is 0.807. The van der Waals surface area contributed by atoms with Crippen LogP contribution in [0.2, 0.25) is 0 Å². The Labute approximate surface area is 240 Å². The molecule has 1 saturated heterocycles. The van der Waals surface area contributed by atoms with Gasteiger partial charge < -0.3 is 25.2 Å². The number of alkyl carbamates (subject to hydrolysis) is 1. The predicted octanol–water partition coefficient (Wildman–Crippen LogP) is 3.67. The Hall–Kier alpha value is -3.93. The number of para-hydroxylation sites is 1. The number of carbonyl (C=O) groups is 2. The summed E-state index contributed by atoms with van der Waals surface area (Å²) < 4.78 is 38.7. The Morgan fingerprint density at radius 3 is 2.17 bits per heavy atom. The average Bonchev–Trinajstić information content (AvgIpc) is 3.33. The molecule has 1 aliphatic rings. The summed E-state index contributed by atoms with van der Waals surface area (Å²) in [6.07, 6.45) is -1.54. The van der Waals surface area contributed by atoms with Gasteiger partial charge in [-0.2, -0.15) is 4.31 Å². The van der Waals surface area contributed by atoms with Gasteiger partial charge in [-0.25, -0.2) is 13.2 Å². The first kappa shape index (κ1) is 30.0. The summed E-state index contributed by atoms with van der Waals surface area (Å²) in [6, 6.07) is 22.5. The van der Waals surface area contributed by atoms with Gasteiger partial charge in [0.05, 0.1) is 17.0 Å². The van der Waals surface area contributed by atoms with Crippen LogP contribution >= 0.6 is 0 Å². The second-order valence-corrected chi connectivity index (χ2v) is 12.2. The number of sulfonamides is 1. The van der Waals surface area contributed by atoms with E-state index in [0.29, 0.717) is 17.9 Å². The number of hydrogen-bond donors (Lipinski definition) is 3. The van der Waals surface area contributed by atoms with Gasteiger partial charge in [-0.15, -0.1) is 0 Å². The third-order valence-corrected chi connectivity index (χ3v) is 8.40. The van der Waals surface area contributed by atoms with E-state index in [4.69, 9.17) is 9.47 Å². The van der Waals surface area contributed by atoms with Crippen LogP contribution in [0.1, 0.15) is 25.8 Å². The van der Waals surface area contributed by atoms with Gasteiger partial charge in [0, 0.05) is 13.1 Å². The second kappa shape index (κ2) is 13.6. The minimum absolute atomic E-state index is 0.0394. The van der Waals surface area contributed by atoms with Gasteiger partial charge in [-0.1, -0.05) is 62.4 Å². The highest BCUT2D eigenvalue weighted by Crippen LogP contribution is 2.26. The van der Waals surface area contributed by atoms with Crippen molar-refractivity contribution in [3.05, 3.63) is 90.5 Å². The largest absolute Gasteiger partial charge is 0.457 e. The fraction of sp³-hybridized carbons (Fsp3) is 0.333. The van der Waals surface area contributed by atoms with Gasteiger partial charge in [-0.05, 0) is 54.3 Å². The van der Waals surface area contributed by atoms with E-state index in [1.54, 1.807) is 24.3 Å². The lowest BCUT2D eigenvalue weighted by Crippen LogP contribution is -2.53. The molecule has 218 valence electrons. The second-order valence-electron chi connectivity index (χ2n) is 10.3. The molecule has 0 spiro atoms. The standard InChI is InChI=1S/C30H35N3O7S/c1-21(2)17-26(32-30(36)39-20-22-9-5-3-6-10-22)29(35)31-27-18-33(19-28(27)34)41(37,38)25-15-13-24(14-16-25)40-23-11-7-4-8-12-23/h3-16,21,26-28,34H,17-20H2,1-2H3,(H,31,35)(H,32,36)/t26-,27?,28?/m0/s1. The Morgan fingerprint density at radius 1 is 0.927 bits per heavy atom. The van der Waals surface area contributed by atoms with E-state index in [1.165, 1.54) is 12.1 Å². The van der Waals surface area contributed by atoms with Crippen molar-refractivity contribution in [3.63, 3.8) is 0 Å². The average molecular weight is 582 g/mol. The Kier molecular flexibility index (Phi) is 9.98. The molecule has 41 heavy (non-hydrogen) atoms. The number of amides is 2. The molecule has 0 radical (unpaired) electrons. The number of carbonyl (C=O) groups excluding carboxylic acids is 2. The van der Waals surface area contributed by atoms with Crippen LogP contribution in [0.25, 0.3) is 0 Å². The maximum absolute atomic E-state index is 13.3. The van der Waals surface area contributed by atoms with Gasteiger partial charge in [0.15, 0.2) is 0 Å². The summed E-state index contributed by atoms with van der Waals surface area (Å²) in [5.74, 6) is 0.646. The fourth-order valence-corrected chi connectivity index (χ4v) is 5.92. The number of aliphatic hydroxyl groups excluding tert-OH is 1. The predicted molar refractivity (Wildman–Crippen MR) is 153 cm³/mol. The summed E-state index contributed by atoms with van der Waals surface area (Å²) >= 11 is 0.